The van der Waals surface area contributed by atoms with Crippen molar-refractivity contribution in [1.82, 2.24) is 9.97 Å². The van der Waals surface area contributed by atoms with Crippen LogP contribution < -0.4 is 5.32 Å². The first kappa shape index (κ1) is 13.7. The predicted octanol–water partition coefficient (Wildman–Crippen LogP) is 1.65. The number of halogens is 4. The van der Waals surface area contributed by atoms with Crippen molar-refractivity contribution in [2.24, 2.45) is 0 Å². The van der Waals surface area contributed by atoms with Gasteiger partial charge in [0.1, 0.15) is 18.4 Å². The molecule has 0 fully saturated rings. The van der Waals surface area contributed by atoms with Gasteiger partial charge in [0.2, 0.25) is 5.95 Å². The zero-order valence-electron chi connectivity index (χ0n) is 8.29. The lowest BCUT2D eigenvalue weighted by molar-refractivity contribution is -0.174. The lowest BCUT2D eigenvalue weighted by Crippen LogP contribution is -2.24. The summed E-state index contributed by atoms with van der Waals surface area (Å²) in [4.78, 5) is 18.3. The Bertz CT molecular complexity index is 400. The smallest absolute Gasteiger partial charge is 0.362 e. The summed E-state index contributed by atoms with van der Waals surface area (Å²) in [6.45, 7) is -2.23. The van der Waals surface area contributed by atoms with Crippen LogP contribution in [0.2, 0.25) is 5.15 Å². The monoisotopic (exact) mass is 269 g/mol. The first-order chi connectivity index (χ1) is 7.87. The van der Waals surface area contributed by atoms with Crippen molar-refractivity contribution < 1.29 is 22.7 Å². The van der Waals surface area contributed by atoms with Crippen LogP contribution in [0.4, 0.5) is 19.1 Å². The molecule has 0 spiro atoms. The number of hydrogen-bond acceptors (Lipinski definition) is 4. The molecule has 0 radical (unpaired) electrons. The third-order valence-electron chi connectivity index (χ3n) is 1.37. The molecule has 0 aliphatic carbocycles. The van der Waals surface area contributed by atoms with Gasteiger partial charge >= 0.3 is 6.18 Å². The van der Waals surface area contributed by atoms with E-state index < -0.39 is 25.3 Å². The van der Waals surface area contributed by atoms with Crippen molar-refractivity contribution in [3.8, 4) is 0 Å². The van der Waals surface area contributed by atoms with Crippen LogP contribution in [0.1, 0.15) is 0 Å². The second-order valence-electron chi connectivity index (χ2n) is 2.86. The number of nitrogens with zero attached hydrogens (tertiary/aromatic N) is 2. The van der Waals surface area contributed by atoms with Gasteiger partial charge in [0, 0.05) is 6.20 Å². The number of amides is 1. The summed E-state index contributed by atoms with van der Waals surface area (Å²) < 4.78 is 39.2. The molecule has 1 amide bonds. The number of alkyl halides is 3. The second kappa shape index (κ2) is 5.78. The van der Waals surface area contributed by atoms with E-state index in [1.54, 1.807) is 0 Å². The lowest BCUT2D eigenvalue weighted by atomic mass is 10.6. The molecule has 0 aliphatic heterocycles. The van der Waals surface area contributed by atoms with Crippen LogP contribution >= 0.6 is 11.6 Å². The molecule has 1 heterocycles. The highest BCUT2D eigenvalue weighted by Crippen LogP contribution is 2.14. The summed E-state index contributed by atoms with van der Waals surface area (Å²) >= 11 is 5.51. The Balaban J connectivity index is 2.35. The van der Waals surface area contributed by atoms with Gasteiger partial charge in [-0.15, -0.1) is 0 Å². The Labute approximate surface area is 99.0 Å². The SMILES string of the molecule is O=C(COCC(F)(F)F)Nc1nccc(Cl)n1. The van der Waals surface area contributed by atoms with Crippen LogP contribution in [0, 0.1) is 0 Å². The van der Waals surface area contributed by atoms with E-state index in [0.29, 0.717) is 0 Å². The Hall–Kier alpha value is -1.41. The summed E-state index contributed by atoms with van der Waals surface area (Å²) in [5, 5.41) is 2.23. The quantitative estimate of drug-likeness (QED) is 0.844. The Kier molecular flexibility index (Phi) is 4.64. The molecule has 0 aromatic carbocycles. The maximum atomic E-state index is 11.7. The second-order valence-corrected chi connectivity index (χ2v) is 3.25. The number of carbonyl (C=O) groups excluding carboxylic acids is 1. The van der Waals surface area contributed by atoms with E-state index in [-0.39, 0.29) is 11.1 Å². The van der Waals surface area contributed by atoms with Gasteiger partial charge < -0.3 is 4.74 Å². The molecule has 1 aromatic heterocycles. The average molecular weight is 270 g/mol. The topological polar surface area (TPSA) is 64.1 Å². The van der Waals surface area contributed by atoms with E-state index in [2.05, 4.69) is 20.0 Å². The fraction of sp³-hybridized carbons (Fsp3) is 0.375. The largest absolute Gasteiger partial charge is 0.411 e. The zero-order chi connectivity index (χ0) is 12.9. The summed E-state index contributed by atoms with van der Waals surface area (Å²) in [5.41, 5.74) is 0. The summed E-state index contributed by atoms with van der Waals surface area (Å²) in [6, 6.07) is 1.39. The summed E-state index contributed by atoms with van der Waals surface area (Å²) in [6.07, 6.45) is -3.17. The standard InChI is InChI=1S/C8H7ClF3N3O2/c9-5-1-2-13-7(14-5)15-6(16)3-17-4-8(10,11)12/h1-2H,3-4H2,(H,13,14,15,16). The summed E-state index contributed by atoms with van der Waals surface area (Å²) in [7, 11) is 0. The third kappa shape index (κ3) is 6.03. The molecule has 0 saturated heterocycles. The van der Waals surface area contributed by atoms with E-state index in [0.717, 1.165) is 0 Å². The van der Waals surface area contributed by atoms with Crippen LogP contribution in [-0.4, -0.2) is 35.3 Å². The van der Waals surface area contributed by atoms with Crippen LogP contribution in [0.5, 0.6) is 0 Å². The molecule has 1 aromatic rings. The highest BCUT2D eigenvalue weighted by atomic mass is 35.5. The van der Waals surface area contributed by atoms with Crippen LogP contribution in [0.15, 0.2) is 12.3 Å². The Morgan fingerprint density at radius 2 is 2.24 bits per heavy atom. The van der Waals surface area contributed by atoms with E-state index in [1.807, 2.05) is 0 Å². The fourth-order valence-electron chi connectivity index (χ4n) is 0.817. The summed E-state index contributed by atoms with van der Waals surface area (Å²) in [5.74, 6) is -0.894. The first-order valence-electron chi connectivity index (χ1n) is 4.30. The molecule has 0 saturated carbocycles. The molecule has 9 heteroatoms. The van der Waals surface area contributed by atoms with Gasteiger partial charge in [-0.1, -0.05) is 11.6 Å². The Morgan fingerprint density at radius 3 is 2.82 bits per heavy atom. The van der Waals surface area contributed by atoms with Crippen molar-refractivity contribution >= 4 is 23.5 Å². The highest BCUT2D eigenvalue weighted by molar-refractivity contribution is 6.29. The minimum Gasteiger partial charge on any atom is -0.362 e. The number of ether oxygens (including phenoxy) is 1. The van der Waals surface area contributed by atoms with Crippen LogP contribution in [0.25, 0.3) is 0 Å². The van der Waals surface area contributed by atoms with Crippen molar-refractivity contribution in [3.05, 3.63) is 17.4 Å². The molecule has 5 nitrogen and oxygen atoms in total. The van der Waals surface area contributed by atoms with Crippen molar-refractivity contribution in [3.63, 3.8) is 0 Å². The van der Waals surface area contributed by atoms with Crippen molar-refractivity contribution in [2.75, 3.05) is 18.5 Å². The van der Waals surface area contributed by atoms with Gasteiger partial charge in [-0.2, -0.15) is 13.2 Å². The predicted molar refractivity (Wildman–Crippen MR) is 52.5 cm³/mol. The Morgan fingerprint density at radius 1 is 1.53 bits per heavy atom. The molecule has 0 bridgehead atoms. The number of carbonyl (C=O) groups is 1. The zero-order valence-corrected chi connectivity index (χ0v) is 9.05. The van der Waals surface area contributed by atoms with E-state index in [4.69, 9.17) is 11.6 Å². The molecular formula is C8H7ClF3N3O2. The lowest BCUT2D eigenvalue weighted by Gasteiger charge is -2.07. The molecule has 94 valence electrons. The minimum absolute atomic E-state index is 0.0990. The maximum Gasteiger partial charge on any atom is 0.411 e. The highest BCUT2D eigenvalue weighted by Gasteiger charge is 2.27. The van der Waals surface area contributed by atoms with Crippen LogP contribution in [-0.2, 0) is 9.53 Å². The van der Waals surface area contributed by atoms with Gasteiger partial charge in [0.25, 0.3) is 5.91 Å². The molecule has 0 unspecified atom stereocenters. The maximum absolute atomic E-state index is 11.7. The number of hydrogen-bond donors (Lipinski definition) is 1. The number of anilines is 1. The van der Waals surface area contributed by atoms with Crippen molar-refractivity contribution in [2.45, 2.75) is 6.18 Å². The van der Waals surface area contributed by atoms with Gasteiger partial charge in [-0.25, -0.2) is 9.97 Å². The fourth-order valence-corrected chi connectivity index (χ4v) is 0.954. The van der Waals surface area contributed by atoms with Crippen molar-refractivity contribution in [1.29, 1.82) is 0 Å². The molecule has 1 N–H and O–H groups in total. The van der Waals surface area contributed by atoms with E-state index >= 15 is 0 Å². The normalized spacial score (nSPS) is 11.3. The average Bonchev–Trinajstić information content (AvgIpc) is 2.15. The molecule has 1 rings (SSSR count). The van der Waals surface area contributed by atoms with Crippen LogP contribution in [0.3, 0.4) is 0 Å². The number of rotatable bonds is 4. The third-order valence-corrected chi connectivity index (χ3v) is 1.58. The number of nitrogens with one attached hydrogen (secondary N) is 1. The van der Waals surface area contributed by atoms with Gasteiger partial charge in [0.15, 0.2) is 0 Å². The van der Waals surface area contributed by atoms with Gasteiger partial charge in [-0.05, 0) is 6.07 Å². The van der Waals surface area contributed by atoms with Gasteiger partial charge in [0.05, 0.1) is 0 Å². The molecule has 0 aliphatic rings. The number of aromatic nitrogens is 2. The molecule has 0 atom stereocenters. The minimum atomic E-state index is -4.47. The van der Waals surface area contributed by atoms with E-state index in [9.17, 15) is 18.0 Å². The van der Waals surface area contributed by atoms with E-state index in [1.165, 1.54) is 12.3 Å². The first-order valence-corrected chi connectivity index (χ1v) is 4.67. The van der Waals surface area contributed by atoms with Gasteiger partial charge in [-0.3, -0.25) is 10.1 Å². The molecular weight excluding hydrogens is 263 g/mol. The molecule has 17 heavy (non-hydrogen) atoms.